The van der Waals surface area contributed by atoms with Crippen LogP contribution in [0.25, 0.3) is 0 Å². The monoisotopic (exact) mass is 191 g/mol. The van der Waals surface area contributed by atoms with Crippen molar-refractivity contribution in [1.82, 2.24) is 0 Å². The SMILES string of the molecule is CN=Cc1ccccc1[Si](C)(C)C. The zero-order chi connectivity index (χ0) is 9.90. The van der Waals surface area contributed by atoms with Crippen molar-refractivity contribution in [2.24, 2.45) is 4.99 Å². The van der Waals surface area contributed by atoms with E-state index in [4.69, 9.17) is 0 Å². The van der Waals surface area contributed by atoms with Gasteiger partial charge < -0.3 is 0 Å². The van der Waals surface area contributed by atoms with Crippen LogP contribution in [0.3, 0.4) is 0 Å². The second kappa shape index (κ2) is 3.88. The largest absolute Gasteiger partial charge is 0.296 e. The van der Waals surface area contributed by atoms with Gasteiger partial charge in [-0.25, -0.2) is 0 Å². The van der Waals surface area contributed by atoms with Crippen molar-refractivity contribution in [3.63, 3.8) is 0 Å². The fraction of sp³-hybridized carbons (Fsp3) is 0.364. The topological polar surface area (TPSA) is 12.4 Å². The summed E-state index contributed by atoms with van der Waals surface area (Å²) in [5.41, 5.74) is 1.28. The summed E-state index contributed by atoms with van der Waals surface area (Å²) in [7, 11) is 0.614. The van der Waals surface area contributed by atoms with Gasteiger partial charge >= 0.3 is 0 Å². The van der Waals surface area contributed by atoms with Crippen LogP contribution >= 0.6 is 0 Å². The lowest BCUT2D eigenvalue weighted by atomic mass is 10.2. The predicted octanol–water partition coefficient (Wildman–Crippen LogP) is 2.28. The highest BCUT2D eigenvalue weighted by Crippen LogP contribution is 2.05. The van der Waals surface area contributed by atoms with E-state index in [9.17, 15) is 0 Å². The van der Waals surface area contributed by atoms with Gasteiger partial charge in [0.2, 0.25) is 0 Å². The summed E-state index contributed by atoms with van der Waals surface area (Å²) in [6, 6.07) is 8.55. The minimum absolute atomic E-state index is 1.21. The van der Waals surface area contributed by atoms with Gasteiger partial charge in [-0.15, -0.1) is 0 Å². The summed E-state index contributed by atoms with van der Waals surface area (Å²) < 4.78 is 0. The van der Waals surface area contributed by atoms with Gasteiger partial charge in [0.05, 0.1) is 8.07 Å². The molecule has 0 radical (unpaired) electrons. The van der Waals surface area contributed by atoms with Crippen molar-refractivity contribution >= 4 is 19.5 Å². The van der Waals surface area contributed by atoms with E-state index in [2.05, 4.69) is 48.9 Å². The highest BCUT2D eigenvalue weighted by Gasteiger charge is 2.18. The fourth-order valence-corrected chi connectivity index (χ4v) is 3.04. The van der Waals surface area contributed by atoms with E-state index in [0.717, 1.165) is 0 Å². The molecule has 0 fully saturated rings. The Morgan fingerprint density at radius 1 is 1.15 bits per heavy atom. The standard InChI is InChI=1S/C11H17NSi/c1-12-9-10-7-5-6-8-11(10)13(2,3)4/h5-9H,1-4H3. The number of rotatable bonds is 2. The van der Waals surface area contributed by atoms with Crippen LogP contribution in [0.4, 0.5) is 0 Å². The lowest BCUT2D eigenvalue weighted by Crippen LogP contribution is -2.39. The van der Waals surface area contributed by atoms with E-state index in [-0.39, 0.29) is 0 Å². The van der Waals surface area contributed by atoms with Crippen molar-refractivity contribution in [1.29, 1.82) is 0 Å². The molecule has 1 aromatic carbocycles. The quantitative estimate of drug-likeness (QED) is 0.502. The van der Waals surface area contributed by atoms with Crippen LogP contribution in [-0.2, 0) is 0 Å². The Labute approximate surface area is 81.5 Å². The Morgan fingerprint density at radius 2 is 1.77 bits per heavy atom. The maximum Gasteiger partial charge on any atom is 0.0784 e. The van der Waals surface area contributed by atoms with Crippen molar-refractivity contribution in [2.45, 2.75) is 19.6 Å². The molecule has 0 saturated carbocycles. The summed E-state index contributed by atoms with van der Waals surface area (Å²) in [6.07, 6.45) is 1.95. The molecule has 0 unspecified atom stereocenters. The maximum absolute atomic E-state index is 4.08. The maximum atomic E-state index is 4.08. The van der Waals surface area contributed by atoms with Crippen LogP contribution in [0.15, 0.2) is 29.3 Å². The van der Waals surface area contributed by atoms with Crippen LogP contribution in [0.2, 0.25) is 19.6 Å². The first-order chi connectivity index (χ1) is 6.05. The lowest BCUT2D eigenvalue weighted by molar-refractivity contribution is 1.46. The molecule has 1 rings (SSSR count). The molecule has 0 aliphatic carbocycles. The van der Waals surface area contributed by atoms with E-state index >= 15 is 0 Å². The normalized spacial score (nSPS) is 12.3. The Morgan fingerprint density at radius 3 is 2.31 bits per heavy atom. The van der Waals surface area contributed by atoms with Gasteiger partial charge in [0.25, 0.3) is 0 Å². The van der Waals surface area contributed by atoms with Gasteiger partial charge in [-0.1, -0.05) is 49.1 Å². The summed E-state index contributed by atoms with van der Waals surface area (Å²) in [5, 5.41) is 1.49. The summed E-state index contributed by atoms with van der Waals surface area (Å²) in [5.74, 6) is 0. The Balaban J connectivity index is 3.20. The highest BCUT2D eigenvalue weighted by molar-refractivity contribution is 6.89. The molecule has 70 valence electrons. The van der Waals surface area contributed by atoms with Crippen molar-refractivity contribution in [3.8, 4) is 0 Å². The Bertz CT molecular complexity index is 310. The number of hydrogen-bond acceptors (Lipinski definition) is 1. The van der Waals surface area contributed by atoms with Crippen LogP contribution in [0.1, 0.15) is 5.56 Å². The molecule has 1 nitrogen and oxygen atoms in total. The first-order valence-electron chi connectivity index (χ1n) is 4.57. The van der Waals surface area contributed by atoms with E-state index in [1.165, 1.54) is 10.8 Å². The van der Waals surface area contributed by atoms with E-state index in [0.29, 0.717) is 0 Å². The van der Waals surface area contributed by atoms with Gasteiger partial charge in [0.1, 0.15) is 0 Å². The molecule has 0 aliphatic heterocycles. The molecule has 0 saturated heterocycles. The second-order valence-electron chi connectivity index (χ2n) is 4.22. The Kier molecular flexibility index (Phi) is 3.04. The fourth-order valence-electron chi connectivity index (χ4n) is 1.43. The molecule has 0 bridgehead atoms. The van der Waals surface area contributed by atoms with Gasteiger partial charge in [-0.05, 0) is 5.56 Å². The molecule has 0 spiro atoms. The van der Waals surface area contributed by atoms with Crippen LogP contribution in [-0.4, -0.2) is 21.3 Å². The molecule has 0 aliphatic rings. The third-order valence-corrected chi connectivity index (χ3v) is 4.11. The summed E-state index contributed by atoms with van der Waals surface area (Å²) in [4.78, 5) is 4.08. The minimum atomic E-state index is -1.21. The van der Waals surface area contributed by atoms with Gasteiger partial charge in [0.15, 0.2) is 0 Å². The first-order valence-corrected chi connectivity index (χ1v) is 8.07. The summed E-state index contributed by atoms with van der Waals surface area (Å²) >= 11 is 0. The molecule has 0 aromatic heterocycles. The van der Waals surface area contributed by atoms with Gasteiger partial charge in [0, 0.05) is 13.3 Å². The lowest BCUT2D eigenvalue weighted by Gasteiger charge is -2.18. The smallest absolute Gasteiger partial charge is 0.0784 e. The molecule has 0 N–H and O–H groups in total. The third kappa shape index (κ3) is 2.52. The zero-order valence-electron chi connectivity index (χ0n) is 8.83. The van der Waals surface area contributed by atoms with E-state index in [1.54, 1.807) is 0 Å². The zero-order valence-corrected chi connectivity index (χ0v) is 9.83. The predicted molar refractivity (Wildman–Crippen MR) is 62.9 cm³/mol. The van der Waals surface area contributed by atoms with Crippen molar-refractivity contribution < 1.29 is 0 Å². The van der Waals surface area contributed by atoms with E-state index in [1.807, 2.05) is 13.3 Å². The Hall–Kier alpha value is -0.893. The van der Waals surface area contributed by atoms with Gasteiger partial charge in [-0.3, -0.25) is 4.99 Å². The van der Waals surface area contributed by atoms with Crippen molar-refractivity contribution in [3.05, 3.63) is 29.8 Å². The molecule has 0 atom stereocenters. The van der Waals surface area contributed by atoms with Crippen molar-refractivity contribution in [2.75, 3.05) is 7.05 Å². The van der Waals surface area contributed by atoms with E-state index < -0.39 is 8.07 Å². The molecular formula is C11H17NSi. The third-order valence-electron chi connectivity index (χ3n) is 2.04. The average molecular weight is 191 g/mol. The molecule has 1 aromatic rings. The molecule has 2 heteroatoms. The van der Waals surface area contributed by atoms with Gasteiger partial charge in [-0.2, -0.15) is 0 Å². The summed E-state index contributed by atoms with van der Waals surface area (Å²) in [6.45, 7) is 7.07. The second-order valence-corrected chi connectivity index (χ2v) is 9.26. The molecule has 0 amide bonds. The molecule has 0 heterocycles. The first kappa shape index (κ1) is 10.2. The number of benzene rings is 1. The molecular weight excluding hydrogens is 174 g/mol. The van der Waals surface area contributed by atoms with Crippen LogP contribution in [0, 0.1) is 0 Å². The number of hydrogen-bond donors (Lipinski definition) is 0. The van der Waals surface area contributed by atoms with Crippen LogP contribution in [0.5, 0.6) is 0 Å². The highest BCUT2D eigenvalue weighted by atomic mass is 28.3. The average Bonchev–Trinajstić information content (AvgIpc) is 2.04. The number of nitrogens with zero attached hydrogens (tertiary/aromatic N) is 1. The molecule has 13 heavy (non-hydrogen) atoms. The minimum Gasteiger partial charge on any atom is -0.296 e. The number of aliphatic imine (C=N–C) groups is 1. The van der Waals surface area contributed by atoms with Crippen LogP contribution < -0.4 is 5.19 Å².